The fourth-order valence-corrected chi connectivity index (χ4v) is 2.06. The molecule has 1 rings (SSSR count). The smallest absolute Gasteiger partial charge is 0.328 e. The molecule has 0 saturated carbocycles. The molecule has 8 heteroatoms. The lowest BCUT2D eigenvalue weighted by molar-refractivity contribution is -0.385. The molecular weight excluding hydrogens is 286 g/mol. The number of anilines is 1. The monoisotopic (exact) mass is 302 g/mol. The Balaban J connectivity index is 3.46. The molecule has 0 aromatic heterocycles. The molecule has 1 aromatic carbocycles. The quantitative estimate of drug-likeness (QED) is 0.644. The van der Waals surface area contributed by atoms with E-state index < -0.39 is 34.1 Å². The summed E-state index contributed by atoms with van der Waals surface area (Å²) in [5.74, 6) is -1.18. The molecule has 0 radical (unpaired) electrons. The summed E-state index contributed by atoms with van der Waals surface area (Å²) in [6.45, 7) is 4.56. The van der Waals surface area contributed by atoms with Crippen LogP contribution in [0.4, 0.5) is 20.2 Å². The number of benzene rings is 1. The van der Waals surface area contributed by atoms with Gasteiger partial charge in [0.1, 0.15) is 5.54 Å². The van der Waals surface area contributed by atoms with E-state index in [0.717, 1.165) is 18.2 Å². The molecule has 21 heavy (non-hydrogen) atoms. The lowest BCUT2D eigenvalue weighted by Gasteiger charge is -2.37. The highest BCUT2D eigenvalue weighted by Crippen LogP contribution is 2.36. The van der Waals surface area contributed by atoms with Crippen molar-refractivity contribution in [2.24, 2.45) is 0 Å². The zero-order chi connectivity index (χ0) is 16.4. The molecule has 1 N–H and O–H groups in total. The van der Waals surface area contributed by atoms with E-state index in [1.54, 1.807) is 6.92 Å². The number of hydrogen-bond donors (Lipinski definition) is 1. The van der Waals surface area contributed by atoms with E-state index in [0.29, 0.717) is 0 Å². The third-order valence-electron chi connectivity index (χ3n) is 3.26. The second kappa shape index (κ2) is 6.02. The zero-order valence-corrected chi connectivity index (χ0v) is 11.8. The first-order valence-electron chi connectivity index (χ1n) is 6.20. The molecule has 0 atom stereocenters. The minimum Gasteiger partial charge on any atom is -0.480 e. The summed E-state index contributed by atoms with van der Waals surface area (Å²) in [6, 6.07) is 3.02. The lowest BCUT2D eigenvalue weighted by Crippen LogP contribution is -2.50. The number of nitrogens with zero attached hydrogens (tertiary/aromatic N) is 2. The first-order chi connectivity index (χ1) is 9.62. The molecule has 0 saturated heterocycles. The maximum absolute atomic E-state index is 13.2. The molecule has 0 aliphatic heterocycles. The Morgan fingerprint density at radius 1 is 1.48 bits per heavy atom. The average molecular weight is 302 g/mol. The van der Waals surface area contributed by atoms with Gasteiger partial charge in [-0.25, -0.2) is 13.6 Å². The lowest BCUT2D eigenvalue weighted by atomic mass is 10.00. The fraction of sp³-hybridized carbons (Fsp3) is 0.462. The van der Waals surface area contributed by atoms with Gasteiger partial charge in [-0.15, -0.1) is 0 Å². The maximum atomic E-state index is 13.2. The van der Waals surface area contributed by atoms with Gasteiger partial charge in [0.2, 0.25) is 0 Å². The van der Waals surface area contributed by atoms with Crippen LogP contribution in [0.3, 0.4) is 0 Å². The van der Waals surface area contributed by atoms with Crippen LogP contribution in [0.15, 0.2) is 18.2 Å². The van der Waals surface area contributed by atoms with Crippen LogP contribution in [-0.4, -0.2) is 28.1 Å². The molecule has 0 spiro atoms. The summed E-state index contributed by atoms with van der Waals surface area (Å²) in [5, 5.41) is 19.9. The molecule has 6 nitrogen and oxygen atoms in total. The van der Waals surface area contributed by atoms with Gasteiger partial charge in [0, 0.05) is 29.9 Å². The second-order valence-corrected chi connectivity index (χ2v) is 4.91. The van der Waals surface area contributed by atoms with Crippen LogP contribution >= 0.6 is 0 Å². The van der Waals surface area contributed by atoms with Gasteiger partial charge >= 0.3 is 5.97 Å². The van der Waals surface area contributed by atoms with Gasteiger partial charge in [-0.2, -0.15) is 0 Å². The highest BCUT2D eigenvalue weighted by molar-refractivity contribution is 5.83. The van der Waals surface area contributed by atoms with Crippen molar-refractivity contribution >= 4 is 17.3 Å². The predicted octanol–water partition coefficient (Wildman–Crippen LogP) is 3.22. The van der Waals surface area contributed by atoms with Gasteiger partial charge in [-0.1, -0.05) is 0 Å². The molecular formula is C13H16F2N2O4. The normalized spacial score (nSPS) is 11.5. The molecule has 0 aliphatic carbocycles. The van der Waals surface area contributed by atoms with Crippen molar-refractivity contribution in [3.63, 3.8) is 0 Å². The van der Waals surface area contributed by atoms with E-state index in [2.05, 4.69) is 0 Å². The average Bonchev–Trinajstić information content (AvgIpc) is 2.38. The molecule has 0 amide bonds. The van der Waals surface area contributed by atoms with E-state index in [-0.39, 0.29) is 12.2 Å². The molecule has 0 bridgehead atoms. The van der Waals surface area contributed by atoms with E-state index in [9.17, 15) is 28.8 Å². The molecule has 1 aromatic rings. The Kier molecular flexibility index (Phi) is 4.82. The number of nitro benzene ring substituents is 1. The second-order valence-electron chi connectivity index (χ2n) is 4.91. The highest BCUT2D eigenvalue weighted by Gasteiger charge is 2.36. The Bertz CT molecular complexity index is 561. The Hall–Kier alpha value is -2.25. The Morgan fingerprint density at radius 3 is 2.43 bits per heavy atom. The number of alkyl halides is 2. The van der Waals surface area contributed by atoms with Gasteiger partial charge in [-0.3, -0.25) is 10.1 Å². The standard InChI is InChI=1S/C13H16F2N2O4/c1-4-16(13(2,3)12(18)19)10-6-5-8(17(20)21)7-9(10)11(14)15/h5-7,11H,4H2,1-3H3,(H,18,19). The Morgan fingerprint density at radius 2 is 2.05 bits per heavy atom. The van der Waals surface area contributed by atoms with Crippen molar-refractivity contribution < 1.29 is 23.6 Å². The number of likely N-dealkylation sites (N-methyl/N-ethyl adjacent to an activating group) is 1. The van der Waals surface area contributed by atoms with Crippen LogP contribution in [0.25, 0.3) is 0 Å². The van der Waals surface area contributed by atoms with Crippen molar-refractivity contribution in [1.82, 2.24) is 0 Å². The number of carboxylic acid groups (broad SMARTS) is 1. The number of non-ortho nitro benzene ring substituents is 1. The van der Waals surface area contributed by atoms with Gasteiger partial charge in [-0.05, 0) is 26.8 Å². The minimum atomic E-state index is -2.95. The molecule has 0 aliphatic rings. The first kappa shape index (κ1) is 16.8. The van der Waals surface area contributed by atoms with Crippen molar-refractivity contribution in [1.29, 1.82) is 0 Å². The third-order valence-corrected chi connectivity index (χ3v) is 3.26. The number of nitro groups is 1. The van der Waals surface area contributed by atoms with Crippen molar-refractivity contribution in [2.45, 2.75) is 32.7 Å². The van der Waals surface area contributed by atoms with Crippen LogP contribution in [0.5, 0.6) is 0 Å². The summed E-state index contributed by atoms with van der Waals surface area (Å²) >= 11 is 0. The molecule has 0 unspecified atom stereocenters. The third kappa shape index (κ3) is 3.26. The van der Waals surface area contributed by atoms with Crippen LogP contribution < -0.4 is 4.90 Å². The number of aliphatic carboxylic acids is 1. The summed E-state index contributed by atoms with van der Waals surface area (Å²) in [5.41, 5.74) is -2.46. The van der Waals surface area contributed by atoms with E-state index >= 15 is 0 Å². The molecule has 0 heterocycles. The van der Waals surface area contributed by atoms with Crippen LogP contribution in [-0.2, 0) is 4.79 Å². The highest BCUT2D eigenvalue weighted by atomic mass is 19.3. The number of rotatable bonds is 6. The number of hydrogen-bond acceptors (Lipinski definition) is 4. The van der Waals surface area contributed by atoms with Gasteiger partial charge in [0.15, 0.2) is 0 Å². The van der Waals surface area contributed by atoms with Gasteiger partial charge in [0.05, 0.1) is 4.92 Å². The SMILES string of the molecule is CCN(c1ccc([N+](=O)[O-])cc1C(F)F)C(C)(C)C(=O)O. The largest absolute Gasteiger partial charge is 0.480 e. The predicted molar refractivity (Wildman–Crippen MR) is 72.8 cm³/mol. The van der Waals surface area contributed by atoms with E-state index in [4.69, 9.17) is 0 Å². The van der Waals surface area contributed by atoms with Gasteiger partial charge in [0.25, 0.3) is 12.1 Å². The van der Waals surface area contributed by atoms with Crippen molar-refractivity contribution in [3.8, 4) is 0 Å². The first-order valence-corrected chi connectivity index (χ1v) is 6.20. The Labute approximate surface area is 120 Å². The molecule has 0 fully saturated rings. The van der Waals surface area contributed by atoms with Crippen LogP contribution in [0.2, 0.25) is 0 Å². The minimum absolute atomic E-state index is 0.0227. The number of carboxylic acids is 1. The van der Waals surface area contributed by atoms with E-state index in [1.807, 2.05) is 0 Å². The summed E-state index contributed by atoms with van der Waals surface area (Å²) in [7, 11) is 0. The maximum Gasteiger partial charge on any atom is 0.328 e. The van der Waals surface area contributed by atoms with Crippen LogP contribution in [0, 0.1) is 10.1 Å². The fourth-order valence-electron chi connectivity index (χ4n) is 2.06. The summed E-state index contributed by atoms with van der Waals surface area (Å²) in [4.78, 5) is 22.5. The van der Waals surface area contributed by atoms with E-state index in [1.165, 1.54) is 18.7 Å². The van der Waals surface area contributed by atoms with Gasteiger partial charge < -0.3 is 10.0 Å². The summed E-state index contributed by atoms with van der Waals surface area (Å²) < 4.78 is 26.3. The van der Waals surface area contributed by atoms with Crippen LogP contribution in [0.1, 0.15) is 32.8 Å². The summed E-state index contributed by atoms with van der Waals surface area (Å²) in [6.07, 6.45) is -2.95. The van der Waals surface area contributed by atoms with Crippen molar-refractivity contribution in [2.75, 3.05) is 11.4 Å². The zero-order valence-electron chi connectivity index (χ0n) is 11.8. The number of carbonyl (C=O) groups is 1. The van der Waals surface area contributed by atoms with Crippen molar-refractivity contribution in [3.05, 3.63) is 33.9 Å². The number of halogens is 2. The molecule has 116 valence electrons. The topological polar surface area (TPSA) is 83.7 Å².